The monoisotopic (exact) mass is 448 g/mol. The van der Waals surface area contributed by atoms with E-state index in [1.807, 2.05) is 48.5 Å². The van der Waals surface area contributed by atoms with E-state index in [1.54, 1.807) is 16.7 Å². The van der Waals surface area contributed by atoms with Crippen molar-refractivity contribution in [3.8, 4) is 5.75 Å². The Morgan fingerprint density at radius 2 is 2.00 bits per heavy atom. The second-order valence-corrected chi connectivity index (χ2v) is 8.07. The highest BCUT2D eigenvalue weighted by Gasteiger charge is 2.22. The van der Waals surface area contributed by atoms with Crippen molar-refractivity contribution in [2.45, 2.75) is 17.7 Å². The Hall–Kier alpha value is -1.99. The molecule has 1 heterocycles. The van der Waals surface area contributed by atoms with E-state index in [4.69, 9.17) is 4.74 Å². The Morgan fingerprint density at radius 3 is 2.85 bits per heavy atom. The molecule has 1 aliphatic heterocycles. The molecule has 2 aromatic rings. The maximum atomic E-state index is 12.5. The van der Waals surface area contributed by atoms with E-state index in [2.05, 4.69) is 21.2 Å². The number of hydrogen-bond donors (Lipinski definition) is 1. The average Bonchev–Trinajstić information content (AvgIpc) is 2.69. The summed E-state index contributed by atoms with van der Waals surface area (Å²) in [5, 5.41) is 2.79. The number of thioether (sulfide) groups is 1. The first-order chi connectivity index (χ1) is 13.1. The molecule has 27 heavy (non-hydrogen) atoms. The summed E-state index contributed by atoms with van der Waals surface area (Å²) >= 11 is 5.14. The lowest BCUT2D eigenvalue weighted by Gasteiger charge is -2.29. The van der Waals surface area contributed by atoms with Gasteiger partial charge in [-0.1, -0.05) is 34.1 Å². The van der Waals surface area contributed by atoms with Crippen LogP contribution in [0.5, 0.6) is 5.75 Å². The number of fused-ring (bicyclic) bond motifs is 1. The molecule has 7 heteroatoms. The molecular weight excluding hydrogens is 428 g/mol. The van der Waals surface area contributed by atoms with Crippen LogP contribution >= 0.6 is 27.7 Å². The summed E-state index contributed by atoms with van der Waals surface area (Å²) in [6.07, 6.45) is 0.388. The molecule has 0 atom stereocenters. The number of ether oxygens (including phenoxy) is 1. The standard InChI is InChI=1S/C20H21BrN2O3S/c21-15-4-3-5-16(14-15)26-12-10-22-19(24)8-9-20(25)23-11-13-27-18-7-2-1-6-17(18)23/h1-7,14H,8-13H2,(H,22,24). The van der Waals surface area contributed by atoms with Crippen molar-refractivity contribution in [3.63, 3.8) is 0 Å². The fraction of sp³-hybridized carbons (Fsp3) is 0.300. The summed E-state index contributed by atoms with van der Waals surface area (Å²) in [7, 11) is 0. The molecule has 0 saturated heterocycles. The molecule has 5 nitrogen and oxygen atoms in total. The second kappa shape index (κ2) is 9.80. The van der Waals surface area contributed by atoms with Crippen LogP contribution in [0, 0.1) is 0 Å². The van der Waals surface area contributed by atoms with Gasteiger partial charge in [-0.3, -0.25) is 9.59 Å². The number of nitrogens with zero attached hydrogens (tertiary/aromatic N) is 1. The molecule has 2 amide bonds. The molecular formula is C20H21BrN2O3S. The van der Waals surface area contributed by atoms with Gasteiger partial charge in [0.1, 0.15) is 12.4 Å². The lowest BCUT2D eigenvalue weighted by molar-refractivity contribution is -0.125. The van der Waals surface area contributed by atoms with Gasteiger partial charge >= 0.3 is 0 Å². The first-order valence-electron chi connectivity index (χ1n) is 8.81. The predicted octanol–water partition coefficient (Wildman–Crippen LogP) is 3.86. The van der Waals surface area contributed by atoms with Crippen LogP contribution in [-0.2, 0) is 9.59 Å². The van der Waals surface area contributed by atoms with Crippen LogP contribution in [-0.4, -0.2) is 37.3 Å². The summed E-state index contributed by atoms with van der Waals surface area (Å²) in [5.41, 5.74) is 0.946. The third-order valence-electron chi connectivity index (χ3n) is 4.08. The fourth-order valence-corrected chi connectivity index (χ4v) is 4.16. The number of amides is 2. The van der Waals surface area contributed by atoms with Gasteiger partial charge in [0.15, 0.2) is 0 Å². The molecule has 1 aliphatic rings. The molecule has 142 valence electrons. The third kappa shape index (κ3) is 5.74. The van der Waals surface area contributed by atoms with E-state index in [1.165, 1.54) is 0 Å². The second-order valence-electron chi connectivity index (χ2n) is 6.02. The van der Waals surface area contributed by atoms with Gasteiger partial charge in [-0.25, -0.2) is 0 Å². The SMILES string of the molecule is O=C(CCC(=O)N1CCSc2ccccc21)NCCOc1cccc(Br)c1. The summed E-state index contributed by atoms with van der Waals surface area (Å²) in [6.45, 7) is 1.47. The third-order valence-corrected chi connectivity index (χ3v) is 5.62. The number of anilines is 1. The smallest absolute Gasteiger partial charge is 0.227 e. The van der Waals surface area contributed by atoms with Crippen LogP contribution in [0.2, 0.25) is 0 Å². The summed E-state index contributed by atoms with van der Waals surface area (Å²) in [6, 6.07) is 15.4. The zero-order chi connectivity index (χ0) is 19.1. The molecule has 0 aliphatic carbocycles. The molecule has 0 bridgehead atoms. The average molecular weight is 449 g/mol. The van der Waals surface area contributed by atoms with Crippen molar-refractivity contribution in [2.24, 2.45) is 0 Å². The normalized spacial score (nSPS) is 13.0. The summed E-state index contributed by atoms with van der Waals surface area (Å²) in [4.78, 5) is 27.4. The van der Waals surface area contributed by atoms with Crippen molar-refractivity contribution < 1.29 is 14.3 Å². The molecule has 0 spiro atoms. The van der Waals surface area contributed by atoms with Gasteiger partial charge in [0.2, 0.25) is 11.8 Å². The molecule has 3 rings (SSSR count). The molecule has 1 N–H and O–H groups in total. The number of carbonyl (C=O) groups is 2. The lowest BCUT2D eigenvalue weighted by atomic mass is 10.2. The maximum Gasteiger partial charge on any atom is 0.227 e. The van der Waals surface area contributed by atoms with Gasteiger partial charge in [0.25, 0.3) is 0 Å². The van der Waals surface area contributed by atoms with Gasteiger partial charge in [-0.05, 0) is 30.3 Å². The van der Waals surface area contributed by atoms with Crippen LogP contribution in [0.15, 0.2) is 57.9 Å². The molecule has 0 radical (unpaired) electrons. The van der Waals surface area contributed by atoms with Crippen LogP contribution in [0.3, 0.4) is 0 Å². The number of carbonyl (C=O) groups excluding carboxylic acids is 2. The minimum Gasteiger partial charge on any atom is -0.492 e. The van der Waals surface area contributed by atoms with Crippen molar-refractivity contribution in [3.05, 3.63) is 53.0 Å². The van der Waals surface area contributed by atoms with Crippen LogP contribution in [0.25, 0.3) is 0 Å². The Kier molecular flexibility index (Phi) is 7.18. The topological polar surface area (TPSA) is 58.6 Å². The highest BCUT2D eigenvalue weighted by atomic mass is 79.9. The quantitative estimate of drug-likeness (QED) is 0.653. The van der Waals surface area contributed by atoms with E-state index < -0.39 is 0 Å². The Bertz CT molecular complexity index is 815. The van der Waals surface area contributed by atoms with E-state index in [0.717, 1.165) is 26.6 Å². The van der Waals surface area contributed by atoms with E-state index in [-0.39, 0.29) is 24.7 Å². The van der Waals surface area contributed by atoms with Crippen molar-refractivity contribution in [1.29, 1.82) is 0 Å². The van der Waals surface area contributed by atoms with Gasteiger partial charge in [-0.2, -0.15) is 0 Å². The molecule has 0 unspecified atom stereocenters. The molecule has 0 aromatic heterocycles. The number of rotatable bonds is 7. The van der Waals surface area contributed by atoms with Crippen molar-refractivity contribution in [2.75, 3.05) is 30.3 Å². The molecule has 2 aromatic carbocycles. The number of para-hydroxylation sites is 1. The first-order valence-corrected chi connectivity index (χ1v) is 10.6. The van der Waals surface area contributed by atoms with Crippen LogP contribution in [0.4, 0.5) is 5.69 Å². The minimum atomic E-state index is -0.138. The largest absolute Gasteiger partial charge is 0.492 e. The highest BCUT2D eigenvalue weighted by molar-refractivity contribution is 9.10. The number of hydrogen-bond acceptors (Lipinski definition) is 4. The summed E-state index contributed by atoms with van der Waals surface area (Å²) in [5.74, 6) is 1.47. The highest BCUT2D eigenvalue weighted by Crippen LogP contribution is 2.34. The molecule has 0 fully saturated rings. The number of halogens is 1. The lowest BCUT2D eigenvalue weighted by Crippen LogP contribution is -2.36. The predicted molar refractivity (Wildman–Crippen MR) is 111 cm³/mol. The number of nitrogens with one attached hydrogen (secondary N) is 1. The minimum absolute atomic E-state index is 0.0108. The van der Waals surface area contributed by atoms with Crippen LogP contribution < -0.4 is 15.0 Å². The molecule has 0 saturated carbocycles. The van der Waals surface area contributed by atoms with E-state index >= 15 is 0 Å². The van der Waals surface area contributed by atoms with Crippen molar-refractivity contribution >= 4 is 45.2 Å². The van der Waals surface area contributed by atoms with E-state index in [9.17, 15) is 9.59 Å². The van der Waals surface area contributed by atoms with Crippen LogP contribution in [0.1, 0.15) is 12.8 Å². The fourth-order valence-electron chi connectivity index (χ4n) is 2.79. The van der Waals surface area contributed by atoms with Crippen molar-refractivity contribution in [1.82, 2.24) is 5.32 Å². The Labute approximate surface area is 171 Å². The summed E-state index contributed by atoms with van der Waals surface area (Å²) < 4.78 is 6.52. The Morgan fingerprint density at radius 1 is 1.15 bits per heavy atom. The van der Waals surface area contributed by atoms with E-state index in [0.29, 0.717) is 19.7 Å². The zero-order valence-corrected chi connectivity index (χ0v) is 17.2. The Balaban J connectivity index is 1.39. The van der Waals surface area contributed by atoms with Gasteiger partial charge < -0.3 is 15.0 Å². The van der Waals surface area contributed by atoms with Gasteiger partial charge in [-0.15, -0.1) is 11.8 Å². The maximum absolute atomic E-state index is 12.5. The van der Waals surface area contributed by atoms with Gasteiger partial charge in [0.05, 0.1) is 12.2 Å². The number of benzene rings is 2. The zero-order valence-electron chi connectivity index (χ0n) is 14.8. The first kappa shape index (κ1) is 19.8. The van der Waals surface area contributed by atoms with Gasteiger partial charge in [0, 0.05) is 34.5 Å².